The van der Waals surface area contributed by atoms with E-state index in [0.29, 0.717) is 32.7 Å². The van der Waals surface area contributed by atoms with Gasteiger partial charge in [-0.2, -0.15) is 0 Å². The standard InChI is InChI=1S/C33H41NO6/c1-3-33(2,36)31(40-25-28-17-11-6-12-18-28)29(38-23-26-13-7-4-8-14-26)30(32(35)34-19-21-37-22-20-34)39-24-27-15-9-5-10-16-27/h4-18,29-31,36H,3,19-25H2,1-2H3/t29-,30-,31+,33?/m1/s1. The normalized spacial score (nSPS) is 17.5. The van der Waals surface area contributed by atoms with Gasteiger partial charge in [-0.3, -0.25) is 4.79 Å². The van der Waals surface area contributed by atoms with Crippen molar-refractivity contribution in [3.8, 4) is 0 Å². The highest BCUT2D eigenvalue weighted by Crippen LogP contribution is 2.29. The van der Waals surface area contributed by atoms with Gasteiger partial charge in [0.25, 0.3) is 5.91 Å². The molecule has 40 heavy (non-hydrogen) atoms. The van der Waals surface area contributed by atoms with Crippen LogP contribution in [0, 0.1) is 0 Å². The van der Waals surface area contributed by atoms with Crippen molar-refractivity contribution in [3.05, 3.63) is 108 Å². The number of carbonyl (C=O) groups is 1. The predicted octanol–water partition coefficient (Wildman–Crippen LogP) is 4.76. The number of nitrogens with zero attached hydrogens (tertiary/aromatic N) is 1. The Morgan fingerprint density at radius 1 is 0.800 bits per heavy atom. The van der Waals surface area contributed by atoms with Crippen LogP contribution in [-0.2, 0) is 43.6 Å². The second kappa shape index (κ2) is 15.1. The molecule has 7 nitrogen and oxygen atoms in total. The molecule has 0 radical (unpaired) electrons. The summed E-state index contributed by atoms with van der Waals surface area (Å²) in [6.45, 7) is 6.20. The van der Waals surface area contributed by atoms with Gasteiger partial charge >= 0.3 is 0 Å². The number of aliphatic hydroxyl groups is 1. The van der Waals surface area contributed by atoms with E-state index in [2.05, 4.69) is 0 Å². The summed E-state index contributed by atoms with van der Waals surface area (Å²) < 4.78 is 24.9. The summed E-state index contributed by atoms with van der Waals surface area (Å²) in [4.78, 5) is 15.9. The van der Waals surface area contributed by atoms with Gasteiger partial charge < -0.3 is 29.0 Å². The Morgan fingerprint density at radius 3 is 1.73 bits per heavy atom. The Balaban J connectivity index is 1.68. The van der Waals surface area contributed by atoms with Crippen LogP contribution in [0.3, 0.4) is 0 Å². The highest BCUT2D eigenvalue weighted by molar-refractivity contribution is 5.82. The SMILES string of the molecule is CCC(C)(O)[C@@H](OCc1ccccc1)[C@H](OCc1ccccc1)[C@@H](OCc1ccccc1)C(=O)N1CCOCC1. The zero-order valence-corrected chi connectivity index (χ0v) is 23.5. The average molecular weight is 548 g/mol. The summed E-state index contributed by atoms with van der Waals surface area (Å²) in [7, 11) is 0. The molecule has 0 aromatic heterocycles. The van der Waals surface area contributed by atoms with Gasteiger partial charge in [-0.05, 0) is 30.0 Å². The lowest BCUT2D eigenvalue weighted by Gasteiger charge is -2.41. The number of amides is 1. The van der Waals surface area contributed by atoms with E-state index in [1.54, 1.807) is 11.8 Å². The van der Waals surface area contributed by atoms with E-state index in [0.717, 1.165) is 16.7 Å². The van der Waals surface area contributed by atoms with Crippen molar-refractivity contribution in [2.24, 2.45) is 0 Å². The second-order valence-electron chi connectivity index (χ2n) is 10.3. The van der Waals surface area contributed by atoms with E-state index in [1.165, 1.54) is 0 Å². The molecule has 0 aliphatic carbocycles. The molecule has 1 fully saturated rings. The number of morpholine rings is 1. The third kappa shape index (κ3) is 8.46. The number of carbonyl (C=O) groups excluding carboxylic acids is 1. The molecule has 1 aliphatic heterocycles. The molecule has 1 aliphatic rings. The molecule has 0 spiro atoms. The zero-order valence-electron chi connectivity index (χ0n) is 23.5. The average Bonchev–Trinajstić information content (AvgIpc) is 3.01. The van der Waals surface area contributed by atoms with E-state index in [1.807, 2.05) is 97.9 Å². The number of ether oxygens (including phenoxy) is 4. The minimum absolute atomic E-state index is 0.197. The topological polar surface area (TPSA) is 77.5 Å². The van der Waals surface area contributed by atoms with E-state index < -0.39 is 23.9 Å². The van der Waals surface area contributed by atoms with Crippen LogP contribution in [-0.4, -0.2) is 66.1 Å². The molecule has 3 aromatic carbocycles. The molecule has 4 atom stereocenters. The fraction of sp³-hybridized carbons (Fsp3) is 0.424. The third-order valence-corrected chi connectivity index (χ3v) is 7.32. The first-order valence-corrected chi connectivity index (χ1v) is 14.0. The molecule has 4 rings (SSSR count). The van der Waals surface area contributed by atoms with Crippen molar-refractivity contribution in [3.63, 3.8) is 0 Å². The molecule has 0 saturated carbocycles. The summed E-state index contributed by atoms with van der Waals surface area (Å²) >= 11 is 0. The molecular formula is C33H41NO6. The second-order valence-corrected chi connectivity index (χ2v) is 10.3. The number of rotatable bonds is 14. The van der Waals surface area contributed by atoms with Crippen LogP contribution in [0.25, 0.3) is 0 Å². The molecule has 1 amide bonds. The lowest BCUT2D eigenvalue weighted by atomic mass is 9.88. The first kappa shape index (κ1) is 29.9. The highest BCUT2D eigenvalue weighted by Gasteiger charge is 2.46. The van der Waals surface area contributed by atoms with Gasteiger partial charge in [-0.25, -0.2) is 0 Å². The maximum Gasteiger partial charge on any atom is 0.254 e. The molecule has 214 valence electrons. The van der Waals surface area contributed by atoms with E-state index in [-0.39, 0.29) is 25.7 Å². The molecule has 3 aromatic rings. The maximum absolute atomic E-state index is 14.1. The molecular weight excluding hydrogens is 506 g/mol. The van der Waals surface area contributed by atoms with Crippen molar-refractivity contribution in [2.75, 3.05) is 26.3 Å². The lowest BCUT2D eigenvalue weighted by molar-refractivity contribution is -0.211. The fourth-order valence-electron chi connectivity index (χ4n) is 4.72. The molecule has 7 heteroatoms. The van der Waals surface area contributed by atoms with Gasteiger partial charge in [0.1, 0.15) is 12.2 Å². The molecule has 0 bridgehead atoms. The maximum atomic E-state index is 14.1. The van der Waals surface area contributed by atoms with E-state index in [4.69, 9.17) is 18.9 Å². The number of hydrogen-bond donors (Lipinski definition) is 1. The molecule has 1 unspecified atom stereocenters. The van der Waals surface area contributed by atoms with Crippen LogP contribution in [0.5, 0.6) is 0 Å². The monoisotopic (exact) mass is 547 g/mol. The van der Waals surface area contributed by atoms with Crippen molar-refractivity contribution in [1.82, 2.24) is 4.90 Å². The minimum Gasteiger partial charge on any atom is -0.387 e. The lowest BCUT2D eigenvalue weighted by Crippen LogP contribution is -2.59. The van der Waals surface area contributed by atoms with Gasteiger partial charge in [-0.1, -0.05) is 97.9 Å². The first-order valence-electron chi connectivity index (χ1n) is 14.0. The Kier molecular flexibility index (Phi) is 11.3. The van der Waals surface area contributed by atoms with Crippen molar-refractivity contribution >= 4 is 5.91 Å². The van der Waals surface area contributed by atoms with Crippen LogP contribution in [0.1, 0.15) is 37.0 Å². The van der Waals surface area contributed by atoms with E-state index in [9.17, 15) is 9.90 Å². The zero-order chi connectivity index (χ0) is 28.2. The Hall–Kier alpha value is -3.07. The quantitative estimate of drug-likeness (QED) is 0.314. The third-order valence-electron chi connectivity index (χ3n) is 7.32. The summed E-state index contributed by atoms with van der Waals surface area (Å²) in [6, 6.07) is 29.3. The van der Waals surface area contributed by atoms with Crippen LogP contribution in [0.4, 0.5) is 0 Å². The fourth-order valence-corrected chi connectivity index (χ4v) is 4.72. The Bertz CT molecular complexity index is 1140. The van der Waals surface area contributed by atoms with Gasteiger partial charge in [0.05, 0.1) is 38.6 Å². The van der Waals surface area contributed by atoms with Gasteiger partial charge in [0.2, 0.25) is 0 Å². The smallest absolute Gasteiger partial charge is 0.254 e. The van der Waals surface area contributed by atoms with Crippen LogP contribution in [0.15, 0.2) is 91.0 Å². The van der Waals surface area contributed by atoms with Crippen LogP contribution >= 0.6 is 0 Å². The Labute approximate surface area is 237 Å². The molecule has 1 heterocycles. The Morgan fingerprint density at radius 2 is 1.25 bits per heavy atom. The van der Waals surface area contributed by atoms with Crippen LogP contribution < -0.4 is 0 Å². The van der Waals surface area contributed by atoms with Gasteiger partial charge in [-0.15, -0.1) is 0 Å². The summed E-state index contributed by atoms with van der Waals surface area (Å²) in [6.07, 6.45) is -2.36. The largest absolute Gasteiger partial charge is 0.387 e. The van der Waals surface area contributed by atoms with Crippen LogP contribution in [0.2, 0.25) is 0 Å². The highest BCUT2D eigenvalue weighted by atomic mass is 16.6. The molecule has 1 N–H and O–H groups in total. The van der Waals surface area contributed by atoms with E-state index >= 15 is 0 Å². The van der Waals surface area contributed by atoms with Gasteiger partial charge in [0, 0.05) is 13.1 Å². The first-order chi connectivity index (χ1) is 19.5. The van der Waals surface area contributed by atoms with Crippen molar-refractivity contribution < 1.29 is 28.8 Å². The van der Waals surface area contributed by atoms with Gasteiger partial charge in [0.15, 0.2) is 6.10 Å². The summed E-state index contributed by atoms with van der Waals surface area (Å²) in [5, 5.41) is 11.6. The minimum atomic E-state index is -1.30. The number of benzene rings is 3. The number of hydrogen-bond acceptors (Lipinski definition) is 6. The summed E-state index contributed by atoms with van der Waals surface area (Å²) in [5.41, 5.74) is 1.55. The predicted molar refractivity (Wildman–Crippen MR) is 153 cm³/mol. The van der Waals surface area contributed by atoms with Crippen molar-refractivity contribution in [2.45, 2.75) is 64.0 Å². The van der Waals surface area contributed by atoms with Crippen molar-refractivity contribution in [1.29, 1.82) is 0 Å². The molecule has 1 saturated heterocycles. The summed E-state index contributed by atoms with van der Waals surface area (Å²) in [5.74, 6) is -0.197.